The Morgan fingerprint density at radius 2 is 1.78 bits per heavy atom. The molecule has 2 aromatic heterocycles. The van der Waals surface area contributed by atoms with Crippen LogP contribution in [0.2, 0.25) is 0 Å². The minimum atomic E-state index is -3.73. The van der Waals surface area contributed by atoms with E-state index >= 15 is 0 Å². The molecule has 0 saturated carbocycles. The third kappa shape index (κ3) is 4.58. The molecule has 0 aliphatic carbocycles. The lowest BCUT2D eigenvalue weighted by molar-refractivity contribution is 0.102. The van der Waals surface area contributed by atoms with Crippen molar-refractivity contribution in [2.75, 3.05) is 11.9 Å². The molecule has 1 amide bonds. The first-order chi connectivity index (χ1) is 15.5. The Morgan fingerprint density at radius 3 is 2.44 bits per heavy atom. The summed E-state index contributed by atoms with van der Waals surface area (Å²) in [5.41, 5.74) is 1.12. The summed E-state index contributed by atoms with van der Waals surface area (Å²) < 4.78 is 37.7. The number of hydrogen-bond acceptors (Lipinski definition) is 8. The zero-order valence-corrected chi connectivity index (χ0v) is 17.8. The van der Waals surface area contributed by atoms with Crippen LogP contribution in [0, 0.1) is 0 Å². The third-order valence-corrected chi connectivity index (χ3v) is 6.54. The number of hydrogen-bond donors (Lipinski definition) is 1. The van der Waals surface area contributed by atoms with E-state index in [0.29, 0.717) is 6.54 Å². The van der Waals surface area contributed by atoms with Crippen LogP contribution in [-0.2, 0) is 16.6 Å². The summed E-state index contributed by atoms with van der Waals surface area (Å²) in [6.45, 7) is 2.34. The first-order valence-electron chi connectivity index (χ1n) is 9.67. The van der Waals surface area contributed by atoms with E-state index in [9.17, 15) is 13.2 Å². The number of amides is 1. The predicted molar refractivity (Wildman–Crippen MR) is 114 cm³/mol. The number of nitrogens with one attached hydrogen (secondary N) is 1. The molecule has 0 aliphatic rings. The van der Waals surface area contributed by atoms with Gasteiger partial charge < -0.3 is 8.94 Å². The molecule has 0 radical (unpaired) electrons. The van der Waals surface area contributed by atoms with Gasteiger partial charge >= 0.3 is 6.01 Å². The van der Waals surface area contributed by atoms with Gasteiger partial charge in [-0.15, -0.1) is 5.10 Å². The van der Waals surface area contributed by atoms with Crippen LogP contribution in [0.3, 0.4) is 0 Å². The van der Waals surface area contributed by atoms with Crippen molar-refractivity contribution in [3.63, 3.8) is 0 Å². The molecule has 0 atom stereocenters. The molecule has 2 heterocycles. The average Bonchev–Trinajstić information content (AvgIpc) is 3.50. The standard InChI is InChI=1S/C21H19N5O5S/c1-2-26(14-15-6-4-3-5-7-15)32(28,29)17-10-8-16(9-11-17)19(27)23-21-25-24-20(30-21)18-12-13-22-31-18/h3-13H,2,14H2,1H3,(H,23,25,27). The van der Waals surface area contributed by atoms with Gasteiger partial charge in [0.25, 0.3) is 11.8 Å². The van der Waals surface area contributed by atoms with Crippen LogP contribution in [-0.4, -0.2) is 40.5 Å². The molecular weight excluding hydrogens is 434 g/mol. The number of carbonyl (C=O) groups is 1. The SMILES string of the molecule is CCN(Cc1ccccc1)S(=O)(=O)c1ccc(C(=O)Nc2nnc(-c3ccno3)o2)cc1. The summed E-state index contributed by atoms with van der Waals surface area (Å²) in [4.78, 5) is 12.6. The molecule has 4 rings (SSSR count). The highest BCUT2D eigenvalue weighted by atomic mass is 32.2. The van der Waals surface area contributed by atoms with Crippen LogP contribution in [0.5, 0.6) is 0 Å². The third-order valence-electron chi connectivity index (χ3n) is 4.60. The number of nitrogens with zero attached hydrogens (tertiary/aromatic N) is 4. The van der Waals surface area contributed by atoms with Crippen molar-refractivity contribution in [1.29, 1.82) is 0 Å². The molecule has 164 valence electrons. The number of anilines is 1. The fourth-order valence-electron chi connectivity index (χ4n) is 2.95. The monoisotopic (exact) mass is 453 g/mol. The van der Waals surface area contributed by atoms with Gasteiger partial charge in [-0.25, -0.2) is 8.42 Å². The van der Waals surface area contributed by atoms with Crippen LogP contribution < -0.4 is 5.32 Å². The Kier molecular flexibility index (Phi) is 6.10. The molecule has 1 N–H and O–H groups in total. The maximum absolute atomic E-state index is 13.0. The molecule has 2 aromatic carbocycles. The van der Waals surface area contributed by atoms with Crippen LogP contribution >= 0.6 is 0 Å². The highest BCUT2D eigenvalue weighted by molar-refractivity contribution is 7.89. The summed E-state index contributed by atoms with van der Waals surface area (Å²) >= 11 is 0. The van der Waals surface area contributed by atoms with Crippen LogP contribution in [0.25, 0.3) is 11.7 Å². The second kappa shape index (κ2) is 9.12. The Morgan fingerprint density at radius 1 is 1.03 bits per heavy atom. The van der Waals surface area contributed by atoms with Crippen molar-refractivity contribution in [3.05, 3.63) is 78.0 Å². The number of benzene rings is 2. The van der Waals surface area contributed by atoms with Gasteiger partial charge in [0.2, 0.25) is 15.8 Å². The lowest BCUT2D eigenvalue weighted by Crippen LogP contribution is -2.30. The molecule has 4 aromatic rings. The molecule has 0 unspecified atom stereocenters. The number of sulfonamides is 1. The predicted octanol–water partition coefficient (Wildman–Crippen LogP) is 3.19. The largest absolute Gasteiger partial charge is 0.400 e. The number of carbonyl (C=O) groups excluding carboxylic acids is 1. The van der Waals surface area contributed by atoms with Crippen molar-refractivity contribution < 1.29 is 22.2 Å². The summed E-state index contributed by atoms with van der Waals surface area (Å²) in [5, 5.41) is 13.5. The fourth-order valence-corrected chi connectivity index (χ4v) is 4.39. The molecule has 0 saturated heterocycles. The molecule has 10 nitrogen and oxygen atoms in total. The van der Waals surface area contributed by atoms with Gasteiger partial charge in [0.1, 0.15) is 0 Å². The van der Waals surface area contributed by atoms with Gasteiger partial charge in [0.15, 0.2) is 0 Å². The van der Waals surface area contributed by atoms with Gasteiger partial charge in [-0.2, -0.15) is 4.31 Å². The minimum absolute atomic E-state index is 0.0670. The molecular formula is C21H19N5O5S. The summed E-state index contributed by atoms with van der Waals surface area (Å²) in [7, 11) is -3.73. The van der Waals surface area contributed by atoms with E-state index in [0.717, 1.165) is 5.56 Å². The Labute approximate surface area is 183 Å². The topological polar surface area (TPSA) is 131 Å². The maximum atomic E-state index is 13.0. The second-order valence-electron chi connectivity index (χ2n) is 6.68. The van der Waals surface area contributed by atoms with E-state index in [1.165, 1.54) is 40.8 Å². The molecule has 0 bridgehead atoms. The smallest absolute Gasteiger partial charge is 0.322 e. The lowest BCUT2D eigenvalue weighted by Gasteiger charge is -2.20. The van der Waals surface area contributed by atoms with E-state index < -0.39 is 15.9 Å². The van der Waals surface area contributed by atoms with Crippen LogP contribution in [0.4, 0.5) is 6.01 Å². The van der Waals surface area contributed by atoms with Crippen molar-refractivity contribution in [1.82, 2.24) is 19.7 Å². The Bertz CT molecular complexity index is 1290. The highest BCUT2D eigenvalue weighted by Gasteiger charge is 2.24. The van der Waals surface area contributed by atoms with E-state index in [1.807, 2.05) is 30.3 Å². The Balaban J connectivity index is 1.46. The van der Waals surface area contributed by atoms with Gasteiger partial charge in [-0.3, -0.25) is 10.1 Å². The molecule has 0 aliphatic heterocycles. The van der Waals surface area contributed by atoms with Crippen LogP contribution in [0.1, 0.15) is 22.8 Å². The second-order valence-corrected chi connectivity index (χ2v) is 8.62. The number of rotatable bonds is 8. The summed E-state index contributed by atoms with van der Waals surface area (Å²) in [6.07, 6.45) is 1.42. The van der Waals surface area contributed by atoms with Gasteiger partial charge in [-0.05, 0) is 29.8 Å². The highest BCUT2D eigenvalue weighted by Crippen LogP contribution is 2.21. The lowest BCUT2D eigenvalue weighted by atomic mass is 10.2. The van der Waals surface area contributed by atoms with E-state index in [1.54, 1.807) is 6.92 Å². The van der Waals surface area contributed by atoms with Crippen molar-refractivity contribution in [2.24, 2.45) is 0 Å². The van der Waals surface area contributed by atoms with Crippen LogP contribution in [0.15, 0.2) is 80.7 Å². The minimum Gasteiger partial charge on any atom is -0.400 e. The van der Waals surface area contributed by atoms with Crippen molar-refractivity contribution in [2.45, 2.75) is 18.4 Å². The van der Waals surface area contributed by atoms with Crippen molar-refractivity contribution >= 4 is 21.9 Å². The van der Waals surface area contributed by atoms with Gasteiger partial charge in [-0.1, -0.05) is 47.5 Å². The molecule has 0 spiro atoms. The quantitative estimate of drug-likeness (QED) is 0.430. The van der Waals surface area contributed by atoms with E-state index in [-0.39, 0.29) is 34.7 Å². The van der Waals surface area contributed by atoms with E-state index in [4.69, 9.17) is 8.94 Å². The zero-order valence-electron chi connectivity index (χ0n) is 17.0. The number of aromatic nitrogens is 3. The average molecular weight is 453 g/mol. The first-order valence-corrected chi connectivity index (χ1v) is 11.1. The van der Waals surface area contributed by atoms with Gasteiger partial charge in [0.05, 0.1) is 11.1 Å². The molecule has 0 fully saturated rings. The van der Waals surface area contributed by atoms with E-state index in [2.05, 4.69) is 20.7 Å². The zero-order chi connectivity index (χ0) is 22.6. The summed E-state index contributed by atoms with van der Waals surface area (Å²) in [6, 6.07) is 16.4. The Hall–Kier alpha value is -3.83. The van der Waals surface area contributed by atoms with Crippen molar-refractivity contribution in [3.8, 4) is 11.7 Å². The maximum Gasteiger partial charge on any atom is 0.322 e. The molecule has 11 heteroatoms. The normalized spacial score (nSPS) is 11.6. The van der Waals surface area contributed by atoms with Gasteiger partial charge in [0, 0.05) is 24.7 Å². The summed E-state index contributed by atoms with van der Waals surface area (Å²) in [5.74, 6) is -0.195. The first kappa shape index (κ1) is 21.4. The molecule has 32 heavy (non-hydrogen) atoms. The fraction of sp³-hybridized carbons (Fsp3) is 0.143.